The van der Waals surface area contributed by atoms with Crippen molar-refractivity contribution in [1.82, 2.24) is 4.98 Å². The lowest BCUT2D eigenvalue weighted by molar-refractivity contribution is 0.373. The molecule has 0 saturated carbocycles. The Morgan fingerprint density at radius 3 is 2.54 bits per heavy atom. The van der Waals surface area contributed by atoms with Crippen molar-refractivity contribution < 1.29 is 14.6 Å². The highest BCUT2D eigenvalue weighted by Crippen LogP contribution is 2.29. The maximum absolute atomic E-state index is 9.82. The van der Waals surface area contributed by atoms with Gasteiger partial charge in [-0.2, -0.15) is 0 Å². The number of phenolic OH excluding ortho intramolecular Hbond substituents is 1. The van der Waals surface area contributed by atoms with E-state index >= 15 is 0 Å². The topological polar surface area (TPSA) is 51.6 Å². The second-order valence-corrected chi connectivity index (χ2v) is 5.58. The quantitative estimate of drug-likeness (QED) is 0.741. The predicted molar refractivity (Wildman–Crippen MR) is 96.9 cm³/mol. The monoisotopic (exact) mass is 341 g/mol. The van der Waals surface area contributed by atoms with Crippen molar-refractivity contribution in [1.29, 1.82) is 0 Å². The Labute approximate surface area is 144 Å². The van der Waals surface area contributed by atoms with Crippen LogP contribution in [0.25, 0.3) is 23.1 Å². The van der Waals surface area contributed by atoms with Gasteiger partial charge in [-0.15, -0.1) is 0 Å². The first kappa shape index (κ1) is 16.1. The Hall–Kier alpha value is -2.72. The summed E-state index contributed by atoms with van der Waals surface area (Å²) in [5.41, 5.74) is 2.36. The van der Waals surface area contributed by atoms with Crippen LogP contribution in [0.5, 0.6) is 17.2 Å². The van der Waals surface area contributed by atoms with Crippen LogP contribution in [0.2, 0.25) is 5.02 Å². The van der Waals surface area contributed by atoms with Crippen LogP contribution >= 0.6 is 11.6 Å². The molecule has 0 atom stereocenters. The molecule has 0 amide bonds. The van der Waals surface area contributed by atoms with Gasteiger partial charge in [0, 0.05) is 5.39 Å². The molecule has 0 fully saturated rings. The third-order valence-electron chi connectivity index (χ3n) is 3.63. The van der Waals surface area contributed by atoms with E-state index in [0.717, 1.165) is 27.9 Å². The molecule has 0 aliphatic carbocycles. The van der Waals surface area contributed by atoms with E-state index < -0.39 is 0 Å². The third kappa shape index (κ3) is 3.29. The number of aromatic nitrogens is 1. The van der Waals surface area contributed by atoms with E-state index in [0.29, 0.717) is 10.8 Å². The summed E-state index contributed by atoms with van der Waals surface area (Å²) in [6.45, 7) is 0. The predicted octanol–water partition coefficient (Wildman–Crippen LogP) is 4.78. The third-order valence-corrected chi connectivity index (χ3v) is 3.95. The largest absolute Gasteiger partial charge is 0.504 e. The van der Waals surface area contributed by atoms with Gasteiger partial charge < -0.3 is 14.6 Å². The number of benzene rings is 2. The van der Waals surface area contributed by atoms with Crippen LogP contribution in [-0.4, -0.2) is 24.3 Å². The van der Waals surface area contributed by atoms with Crippen molar-refractivity contribution in [2.45, 2.75) is 0 Å². The average Bonchev–Trinajstić information content (AvgIpc) is 2.60. The number of rotatable bonds is 4. The molecule has 1 aromatic heterocycles. The molecule has 5 heteroatoms. The van der Waals surface area contributed by atoms with Crippen molar-refractivity contribution >= 4 is 34.7 Å². The number of halogens is 1. The van der Waals surface area contributed by atoms with Gasteiger partial charge in [0.1, 0.15) is 5.75 Å². The number of aromatic hydroxyl groups is 1. The minimum atomic E-state index is 0.0937. The van der Waals surface area contributed by atoms with E-state index in [2.05, 4.69) is 4.98 Å². The van der Waals surface area contributed by atoms with Gasteiger partial charge in [0.25, 0.3) is 0 Å². The summed E-state index contributed by atoms with van der Waals surface area (Å²) in [6.07, 6.45) is 3.70. The Kier molecular flexibility index (Phi) is 4.58. The Bertz CT molecular complexity index is 922. The molecule has 1 heterocycles. The molecule has 4 nitrogen and oxygen atoms in total. The lowest BCUT2D eigenvalue weighted by Gasteiger charge is -2.05. The summed E-state index contributed by atoms with van der Waals surface area (Å²) in [4.78, 5) is 4.57. The first-order chi connectivity index (χ1) is 11.6. The van der Waals surface area contributed by atoms with Gasteiger partial charge >= 0.3 is 0 Å². The summed E-state index contributed by atoms with van der Waals surface area (Å²) in [7, 11) is 3.13. The number of hydrogen-bond donors (Lipinski definition) is 1. The van der Waals surface area contributed by atoms with Crippen LogP contribution in [0.1, 0.15) is 11.3 Å². The summed E-state index contributed by atoms with van der Waals surface area (Å²) in [6, 6.07) is 12.6. The minimum absolute atomic E-state index is 0.0937. The summed E-state index contributed by atoms with van der Waals surface area (Å²) in [5, 5.41) is 11.3. The van der Waals surface area contributed by atoms with Crippen molar-refractivity contribution in [3.8, 4) is 17.2 Å². The Morgan fingerprint density at radius 1 is 1.00 bits per heavy atom. The second kappa shape index (κ2) is 6.81. The number of fused-ring (bicyclic) bond motifs is 1. The number of ether oxygens (including phenoxy) is 2. The molecule has 3 aromatic rings. The molecule has 0 spiro atoms. The number of phenols is 1. The maximum atomic E-state index is 9.82. The second-order valence-electron chi connectivity index (χ2n) is 5.18. The molecule has 0 aliphatic rings. The smallest absolute Gasteiger partial charge is 0.160 e. The fourth-order valence-electron chi connectivity index (χ4n) is 2.39. The van der Waals surface area contributed by atoms with Crippen LogP contribution in [0, 0.1) is 0 Å². The zero-order valence-corrected chi connectivity index (χ0v) is 14.0. The molecule has 2 aromatic carbocycles. The standard InChI is InChI=1S/C19H16ClNO3/c1-23-14-6-7-17-15(11-14)16(20)10-13(21-17)5-3-12-4-8-19(24-2)18(22)9-12/h3-11,22H,1-2H3/b5-3+. The van der Waals surface area contributed by atoms with Crippen LogP contribution in [0.3, 0.4) is 0 Å². The molecule has 0 saturated heterocycles. The van der Waals surface area contributed by atoms with Gasteiger partial charge in [-0.1, -0.05) is 23.7 Å². The van der Waals surface area contributed by atoms with Gasteiger partial charge in [0.2, 0.25) is 0 Å². The van der Waals surface area contributed by atoms with Crippen molar-refractivity contribution in [2.75, 3.05) is 14.2 Å². The lowest BCUT2D eigenvalue weighted by atomic mass is 10.1. The van der Waals surface area contributed by atoms with Gasteiger partial charge in [-0.05, 0) is 48.0 Å². The van der Waals surface area contributed by atoms with Gasteiger partial charge in [-0.25, -0.2) is 4.98 Å². The fraction of sp³-hybridized carbons (Fsp3) is 0.105. The van der Waals surface area contributed by atoms with E-state index in [9.17, 15) is 5.11 Å². The van der Waals surface area contributed by atoms with Crippen molar-refractivity contribution in [3.05, 3.63) is 58.7 Å². The first-order valence-corrected chi connectivity index (χ1v) is 7.68. The molecule has 0 aliphatic heterocycles. The number of nitrogens with zero attached hydrogens (tertiary/aromatic N) is 1. The summed E-state index contributed by atoms with van der Waals surface area (Å²) >= 11 is 6.35. The Morgan fingerprint density at radius 2 is 1.83 bits per heavy atom. The zero-order chi connectivity index (χ0) is 17.1. The zero-order valence-electron chi connectivity index (χ0n) is 13.3. The minimum Gasteiger partial charge on any atom is -0.504 e. The summed E-state index contributed by atoms with van der Waals surface area (Å²) < 4.78 is 10.2. The molecule has 24 heavy (non-hydrogen) atoms. The SMILES string of the molecule is COc1ccc2nc(/C=C/c3ccc(OC)c(O)c3)cc(Cl)c2c1. The molecule has 1 N–H and O–H groups in total. The molecule has 0 unspecified atom stereocenters. The number of methoxy groups -OCH3 is 2. The van der Waals surface area contributed by atoms with Gasteiger partial charge in [-0.3, -0.25) is 0 Å². The average molecular weight is 342 g/mol. The lowest BCUT2D eigenvalue weighted by Crippen LogP contribution is -1.88. The first-order valence-electron chi connectivity index (χ1n) is 7.30. The molecule has 0 bridgehead atoms. The Balaban J connectivity index is 1.93. The highest BCUT2D eigenvalue weighted by atomic mass is 35.5. The van der Waals surface area contributed by atoms with Gasteiger partial charge in [0.15, 0.2) is 11.5 Å². The molecular weight excluding hydrogens is 326 g/mol. The molecule has 3 rings (SSSR count). The van der Waals surface area contributed by atoms with E-state index in [1.165, 1.54) is 7.11 Å². The fourth-order valence-corrected chi connectivity index (χ4v) is 2.65. The van der Waals surface area contributed by atoms with Crippen molar-refractivity contribution in [3.63, 3.8) is 0 Å². The van der Waals surface area contributed by atoms with Crippen molar-refractivity contribution in [2.24, 2.45) is 0 Å². The van der Waals surface area contributed by atoms with E-state index in [1.807, 2.05) is 36.4 Å². The number of pyridine rings is 1. The number of hydrogen-bond acceptors (Lipinski definition) is 4. The normalized spacial score (nSPS) is 11.1. The van der Waals surface area contributed by atoms with E-state index in [1.54, 1.807) is 25.3 Å². The highest BCUT2D eigenvalue weighted by Gasteiger charge is 2.05. The highest BCUT2D eigenvalue weighted by molar-refractivity contribution is 6.35. The maximum Gasteiger partial charge on any atom is 0.160 e. The van der Waals surface area contributed by atoms with Crippen LogP contribution in [-0.2, 0) is 0 Å². The molecule has 0 radical (unpaired) electrons. The molecule has 122 valence electrons. The van der Waals surface area contributed by atoms with Crippen LogP contribution in [0.15, 0.2) is 42.5 Å². The van der Waals surface area contributed by atoms with Crippen LogP contribution < -0.4 is 9.47 Å². The molecular formula is C19H16ClNO3. The van der Waals surface area contributed by atoms with Crippen LogP contribution in [0.4, 0.5) is 0 Å². The van der Waals surface area contributed by atoms with E-state index in [4.69, 9.17) is 21.1 Å². The van der Waals surface area contributed by atoms with Gasteiger partial charge in [0.05, 0.1) is 30.5 Å². The van der Waals surface area contributed by atoms with E-state index in [-0.39, 0.29) is 5.75 Å². The summed E-state index contributed by atoms with van der Waals surface area (Å²) in [5.74, 6) is 1.27.